The van der Waals surface area contributed by atoms with E-state index in [0.29, 0.717) is 18.2 Å². The van der Waals surface area contributed by atoms with Crippen LogP contribution in [0.15, 0.2) is 84.0 Å². The van der Waals surface area contributed by atoms with Crippen LogP contribution in [-0.2, 0) is 13.0 Å². The number of hydrogen-bond donors (Lipinski definition) is 0. The van der Waals surface area contributed by atoms with Crippen molar-refractivity contribution in [2.24, 2.45) is 0 Å². The number of aryl methyl sites for hydroxylation is 1. The Bertz CT molecular complexity index is 1150. The SMILES string of the molecule is CCc1cccc(OCCSc2nnc(COc3ccccc3F)n2-c2ccccc2)c1. The molecule has 4 rings (SSSR count). The fourth-order valence-electron chi connectivity index (χ4n) is 3.18. The molecule has 0 bridgehead atoms. The van der Waals surface area contributed by atoms with Gasteiger partial charge < -0.3 is 9.47 Å². The van der Waals surface area contributed by atoms with Crippen LogP contribution < -0.4 is 9.47 Å². The lowest BCUT2D eigenvalue weighted by Gasteiger charge is -2.12. The number of benzene rings is 3. The first-order valence-electron chi connectivity index (χ1n) is 10.5. The summed E-state index contributed by atoms with van der Waals surface area (Å²) in [4.78, 5) is 0. The molecule has 0 aliphatic rings. The minimum absolute atomic E-state index is 0.101. The number of nitrogens with zero attached hydrogens (tertiary/aromatic N) is 3. The van der Waals surface area contributed by atoms with E-state index in [0.717, 1.165) is 23.0 Å². The van der Waals surface area contributed by atoms with Crippen molar-refractivity contribution in [2.75, 3.05) is 12.4 Å². The Hall–Kier alpha value is -3.32. The van der Waals surface area contributed by atoms with E-state index >= 15 is 0 Å². The lowest BCUT2D eigenvalue weighted by Crippen LogP contribution is -2.08. The normalized spacial score (nSPS) is 10.8. The third kappa shape index (κ3) is 5.48. The monoisotopic (exact) mass is 449 g/mol. The number of para-hydroxylation sites is 2. The summed E-state index contributed by atoms with van der Waals surface area (Å²) in [6.07, 6.45) is 0.976. The lowest BCUT2D eigenvalue weighted by molar-refractivity contribution is 0.278. The fourth-order valence-corrected chi connectivity index (χ4v) is 3.96. The number of aromatic nitrogens is 3. The van der Waals surface area contributed by atoms with Crippen LogP contribution in [-0.4, -0.2) is 27.1 Å². The minimum atomic E-state index is -0.405. The van der Waals surface area contributed by atoms with Gasteiger partial charge in [-0.1, -0.05) is 61.2 Å². The first-order chi connectivity index (χ1) is 15.7. The summed E-state index contributed by atoms with van der Waals surface area (Å²) >= 11 is 1.55. The highest BCUT2D eigenvalue weighted by Gasteiger charge is 2.16. The van der Waals surface area contributed by atoms with Crippen LogP contribution in [0.4, 0.5) is 4.39 Å². The Morgan fingerprint density at radius 1 is 0.906 bits per heavy atom. The highest BCUT2D eigenvalue weighted by Crippen LogP contribution is 2.24. The second kappa shape index (κ2) is 10.8. The van der Waals surface area contributed by atoms with Crippen molar-refractivity contribution in [3.63, 3.8) is 0 Å². The van der Waals surface area contributed by atoms with Crippen molar-refractivity contribution >= 4 is 11.8 Å². The molecule has 1 aromatic heterocycles. The summed E-state index contributed by atoms with van der Waals surface area (Å²) in [6.45, 7) is 2.77. The zero-order chi connectivity index (χ0) is 22.2. The van der Waals surface area contributed by atoms with Gasteiger partial charge in [-0.05, 0) is 48.4 Å². The number of ether oxygens (including phenoxy) is 2. The van der Waals surface area contributed by atoms with E-state index in [1.54, 1.807) is 30.0 Å². The zero-order valence-corrected chi connectivity index (χ0v) is 18.6. The molecule has 0 saturated carbocycles. The number of hydrogen-bond acceptors (Lipinski definition) is 5. The molecule has 0 amide bonds. The highest BCUT2D eigenvalue weighted by molar-refractivity contribution is 7.99. The average Bonchev–Trinajstić information content (AvgIpc) is 3.24. The molecule has 7 heteroatoms. The summed E-state index contributed by atoms with van der Waals surface area (Å²) in [7, 11) is 0. The molecule has 0 spiro atoms. The van der Waals surface area contributed by atoms with Crippen LogP contribution in [0.25, 0.3) is 5.69 Å². The van der Waals surface area contributed by atoms with E-state index in [1.165, 1.54) is 11.6 Å². The molecule has 0 N–H and O–H groups in total. The van der Waals surface area contributed by atoms with E-state index in [-0.39, 0.29) is 12.4 Å². The molecule has 0 fully saturated rings. The van der Waals surface area contributed by atoms with Crippen LogP contribution in [0, 0.1) is 5.82 Å². The first-order valence-corrected chi connectivity index (χ1v) is 11.4. The van der Waals surface area contributed by atoms with Crippen LogP contribution in [0.3, 0.4) is 0 Å². The fraction of sp³-hybridized carbons (Fsp3) is 0.200. The smallest absolute Gasteiger partial charge is 0.196 e. The largest absolute Gasteiger partial charge is 0.493 e. The van der Waals surface area contributed by atoms with E-state index in [1.807, 2.05) is 47.0 Å². The van der Waals surface area contributed by atoms with E-state index < -0.39 is 5.82 Å². The van der Waals surface area contributed by atoms with E-state index in [2.05, 4.69) is 29.3 Å². The van der Waals surface area contributed by atoms with Crippen molar-refractivity contribution in [1.29, 1.82) is 0 Å². The molecule has 1 heterocycles. The van der Waals surface area contributed by atoms with Gasteiger partial charge in [-0.3, -0.25) is 4.57 Å². The molecule has 5 nitrogen and oxygen atoms in total. The van der Waals surface area contributed by atoms with Gasteiger partial charge >= 0.3 is 0 Å². The molecule has 0 unspecified atom stereocenters. The van der Waals surface area contributed by atoms with Crippen molar-refractivity contribution in [3.8, 4) is 17.2 Å². The lowest BCUT2D eigenvalue weighted by atomic mass is 10.2. The first kappa shape index (κ1) is 21.9. The van der Waals surface area contributed by atoms with Crippen molar-refractivity contribution in [2.45, 2.75) is 25.1 Å². The second-order valence-corrected chi connectivity index (χ2v) is 8.05. The summed E-state index contributed by atoms with van der Waals surface area (Å²) in [5.41, 5.74) is 2.17. The number of rotatable bonds is 10. The molecule has 164 valence electrons. The van der Waals surface area contributed by atoms with Gasteiger partial charge in [0.15, 0.2) is 22.5 Å². The molecule has 0 aliphatic heterocycles. The van der Waals surface area contributed by atoms with Crippen molar-refractivity contribution < 1.29 is 13.9 Å². The summed E-state index contributed by atoms with van der Waals surface area (Å²) in [5, 5.41) is 9.38. The summed E-state index contributed by atoms with van der Waals surface area (Å²) < 4.78 is 27.4. The minimum Gasteiger partial charge on any atom is -0.493 e. The molecule has 32 heavy (non-hydrogen) atoms. The van der Waals surface area contributed by atoms with Gasteiger partial charge in [0.25, 0.3) is 0 Å². The molecule has 3 aromatic carbocycles. The van der Waals surface area contributed by atoms with Gasteiger partial charge in [-0.15, -0.1) is 10.2 Å². The number of thioether (sulfide) groups is 1. The van der Waals surface area contributed by atoms with Crippen LogP contribution in [0.5, 0.6) is 11.5 Å². The van der Waals surface area contributed by atoms with Crippen molar-refractivity contribution in [3.05, 3.63) is 96.1 Å². The van der Waals surface area contributed by atoms with Gasteiger partial charge in [-0.25, -0.2) is 4.39 Å². The van der Waals surface area contributed by atoms with Crippen LogP contribution in [0.2, 0.25) is 0 Å². The van der Waals surface area contributed by atoms with Gasteiger partial charge in [0.1, 0.15) is 12.4 Å². The van der Waals surface area contributed by atoms with E-state index in [4.69, 9.17) is 9.47 Å². The number of halogens is 1. The van der Waals surface area contributed by atoms with Crippen LogP contribution in [0.1, 0.15) is 18.3 Å². The maximum absolute atomic E-state index is 13.9. The maximum Gasteiger partial charge on any atom is 0.196 e. The average molecular weight is 450 g/mol. The second-order valence-electron chi connectivity index (χ2n) is 6.99. The quantitative estimate of drug-likeness (QED) is 0.229. The van der Waals surface area contributed by atoms with Gasteiger partial charge in [0.2, 0.25) is 0 Å². The van der Waals surface area contributed by atoms with Crippen molar-refractivity contribution in [1.82, 2.24) is 14.8 Å². The molecular weight excluding hydrogens is 425 g/mol. The molecule has 0 aliphatic carbocycles. The molecular formula is C25H24FN3O2S. The third-order valence-electron chi connectivity index (χ3n) is 4.80. The van der Waals surface area contributed by atoms with Crippen LogP contribution >= 0.6 is 11.8 Å². The summed E-state index contributed by atoms with van der Waals surface area (Å²) in [6, 6.07) is 24.3. The Kier molecular flexibility index (Phi) is 7.40. The predicted octanol–water partition coefficient (Wildman–Crippen LogP) is 5.72. The molecule has 0 saturated heterocycles. The zero-order valence-electron chi connectivity index (χ0n) is 17.8. The highest BCUT2D eigenvalue weighted by atomic mass is 32.2. The molecule has 0 radical (unpaired) electrons. The Balaban J connectivity index is 1.45. The Morgan fingerprint density at radius 3 is 2.53 bits per heavy atom. The van der Waals surface area contributed by atoms with Gasteiger partial charge in [0.05, 0.1) is 6.61 Å². The maximum atomic E-state index is 13.9. The molecule has 0 atom stereocenters. The summed E-state index contributed by atoms with van der Waals surface area (Å²) in [5.74, 6) is 1.95. The topological polar surface area (TPSA) is 49.2 Å². The van der Waals surface area contributed by atoms with Gasteiger partial charge in [-0.2, -0.15) is 0 Å². The van der Waals surface area contributed by atoms with Gasteiger partial charge in [0, 0.05) is 11.4 Å². The predicted molar refractivity (Wildman–Crippen MR) is 124 cm³/mol. The molecule has 4 aromatic rings. The van der Waals surface area contributed by atoms with E-state index in [9.17, 15) is 4.39 Å². The standard InChI is InChI=1S/C25H24FN3O2S/c1-2-19-9-8-12-21(17-19)30-15-16-32-25-28-27-24(29(25)20-10-4-3-5-11-20)18-31-23-14-7-6-13-22(23)26/h3-14,17H,2,15-16,18H2,1H3. The Morgan fingerprint density at radius 2 is 1.72 bits per heavy atom. The third-order valence-corrected chi connectivity index (χ3v) is 5.69. The Labute approximate surface area is 191 Å².